The van der Waals surface area contributed by atoms with Crippen LogP contribution in [0.1, 0.15) is 12.0 Å². The van der Waals surface area contributed by atoms with Gasteiger partial charge in [0.05, 0.1) is 5.56 Å². The predicted octanol–water partition coefficient (Wildman–Crippen LogP) is 3.93. The van der Waals surface area contributed by atoms with E-state index in [1.54, 1.807) is 4.90 Å². The molecule has 2 heterocycles. The van der Waals surface area contributed by atoms with Gasteiger partial charge >= 0.3 is 6.18 Å². The lowest BCUT2D eigenvalue weighted by atomic mass is 10.2. The van der Waals surface area contributed by atoms with Crippen LogP contribution in [0.5, 0.6) is 0 Å². The molecule has 0 saturated carbocycles. The molecule has 1 saturated heterocycles. The highest BCUT2D eigenvalue weighted by molar-refractivity contribution is 9.10. The Balaban J connectivity index is 2.33. The molecule has 0 aromatic carbocycles. The average Bonchev–Trinajstić information content (AvgIpc) is 2.76. The van der Waals surface area contributed by atoms with Crippen LogP contribution in [0.15, 0.2) is 16.7 Å². The Hall–Kier alpha value is -0.490. The number of nitrogens with zero attached hydrogens (tertiary/aromatic N) is 2. The molecule has 1 aliphatic heterocycles. The summed E-state index contributed by atoms with van der Waals surface area (Å²) >= 11 is 8.76. The molecule has 18 heavy (non-hydrogen) atoms. The van der Waals surface area contributed by atoms with Gasteiger partial charge in [0.2, 0.25) is 0 Å². The molecular weight excluding hydrogens is 332 g/mol. The van der Waals surface area contributed by atoms with Crippen molar-refractivity contribution in [1.29, 1.82) is 0 Å². The van der Waals surface area contributed by atoms with Crippen LogP contribution in [0.4, 0.5) is 19.0 Å². The number of hydrogen-bond acceptors (Lipinski definition) is 2. The SMILES string of the molecule is FC(F)(F)c1cc(Br)cnc1N1CCC(CCl)C1. The molecule has 0 amide bonds. The van der Waals surface area contributed by atoms with E-state index in [0.29, 0.717) is 23.4 Å². The van der Waals surface area contributed by atoms with Gasteiger partial charge in [-0.3, -0.25) is 0 Å². The van der Waals surface area contributed by atoms with Gasteiger partial charge in [-0.15, -0.1) is 11.6 Å². The lowest BCUT2D eigenvalue weighted by molar-refractivity contribution is -0.137. The minimum Gasteiger partial charge on any atom is -0.356 e. The zero-order chi connectivity index (χ0) is 13.3. The summed E-state index contributed by atoms with van der Waals surface area (Å²) in [6.07, 6.45) is -2.21. The van der Waals surface area contributed by atoms with Gasteiger partial charge in [0.15, 0.2) is 0 Å². The van der Waals surface area contributed by atoms with Crippen LogP contribution in [0.2, 0.25) is 0 Å². The van der Waals surface area contributed by atoms with Crippen LogP contribution in [0.3, 0.4) is 0 Å². The summed E-state index contributed by atoms with van der Waals surface area (Å²) in [5.74, 6) is 0.700. The molecule has 2 rings (SSSR count). The van der Waals surface area contributed by atoms with E-state index in [9.17, 15) is 13.2 Å². The summed E-state index contributed by atoms with van der Waals surface area (Å²) in [6, 6.07) is 1.07. The first-order chi connectivity index (χ1) is 8.41. The normalized spacial score (nSPS) is 20.5. The highest BCUT2D eigenvalue weighted by Gasteiger charge is 2.37. The van der Waals surface area contributed by atoms with Crippen LogP contribution in [-0.4, -0.2) is 24.0 Å². The van der Waals surface area contributed by atoms with E-state index < -0.39 is 11.7 Å². The fraction of sp³-hybridized carbons (Fsp3) is 0.545. The number of rotatable bonds is 2. The fourth-order valence-corrected chi connectivity index (χ4v) is 2.63. The minimum atomic E-state index is -4.40. The zero-order valence-corrected chi connectivity index (χ0v) is 11.7. The van der Waals surface area contributed by atoms with Gasteiger partial charge in [0.25, 0.3) is 0 Å². The number of alkyl halides is 4. The van der Waals surface area contributed by atoms with Crippen LogP contribution in [0, 0.1) is 5.92 Å². The maximum absolute atomic E-state index is 12.9. The van der Waals surface area contributed by atoms with E-state index in [1.807, 2.05) is 0 Å². The summed E-state index contributed by atoms with van der Waals surface area (Å²) in [6.45, 7) is 1.09. The van der Waals surface area contributed by atoms with Crippen molar-refractivity contribution >= 4 is 33.3 Å². The summed E-state index contributed by atoms with van der Waals surface area (Å²) in [7, 11) is 0. The van der Waals surface area contributed by atoms with E-state index in [4.69, 9.17) is 11.6 Å². The first-order valence-corrected chi connectivity index (χ1v) is 6.78. The lowest BCUT2D eigenvalue weighted by Crippen LogP contribution is -2.25. The standard InChI is InChI=1S/C11H11BrClF3N2/c12-8-3-9(11(14,15)16)10(17-5-8)18-2-1-7(4-13)6-18/h3,5,7H,1-2,4,6H2. The van der Waals surface area contributed by atoms with Crippen LogP contribution >= 0.6 is 27.5 Å². The van der Waals surface area contributed by atoms with Crippen molar-refractivity contribution in [2.45, 2.75) is 12.6 Å². The highest BCUT2D eigenvalue weighted by Crippen LogP contribution is 2.38. The second kappa shape index (κ2) is 5.25. The summed E-state index contributed by atoms with van der Waals surface area (Å²) in [5, 5.41) is 0. The molecule has 1 unspecified atom stereocenters. The van der Waals surface area contributed by atoms with E-state index in [1.165, 1.54) is 6.20 Å². The van der Waals surface area contributed by atoms with Crippen molar-refractivity contribution in [2.24, 2.45) is 5.92 Å². The van der Waals surface area contributed by atoms with E-state index in [-0.39, 0.29) is 11.7 Å². The topological polar surface area (TPSA) is 16.1 Å². The quantitative estimate of drug-likeness (QED) is 0.757. The summed E-state index contributed by atoms with van der Waals surface area (Å²) < 4.78 is 39.2. The Morgan fingerprint density at radius 1 is 1.50 bits per heavy atom. The van der Waals surface area contributed by atoms with E-state index in [2.05, 4.69) is 20.9 Å². The molecule has 7 heteroatoms. The maximum Gasteiger partial charge on any atom is 0.419 e. The molecule has 0 N–H and O–H groups in total. The van der Waals surface area contributed by atoms with Crippen molar-refractivity contribution < 1.29 is 13.2 Å². The van der Waals surface area contributed by atoms with Gasteiger partial charge in [-0.2, -0.15) is 13.2 Å². The third-order valence-corrected chi connectivity index (χ3v) is 3.81. The molecular formula is C11H11BrClF3N2. The average molecular weight is 344 g/mol. The molecule has 1 fully saturated rings. The Kier molecular flexibility index (Phi) is 4.06. The van der Waals surface area contributed by atoms with Crippen molar-refractivity contribution in [3.63, 3.8) is 0 Å². The number of hydrogen-bond donors (Lipinski definition) is 0. The van der Waals surface area contributed by atoms with Crippen molar-refractivity contribution in [1.82, 2.24) is 4.98 Å². The van der Waals surface area contributed by atoms with E-state index >= 15 is 0 Å². The molecule has 1 aromatic heterocycles. The van der Waals surface area contributed by atoms with Crippen molar-refractivity contribution in [3.8, 4) is 0 Å². The fourth-order valence-electron chi connectivity index (χ4n) is 2.04. The van der Waals surface area contributed by atoms with E-state index in [0.717, 1.165) is 12.5 Å². The highest BCUT2D eigenvalue weighted by atomic mass is 79.9. The smallest absolute Gasteiger partial charge is 0.356 e. The molecule has 1 aromatic rings. The lowest BCUT2D eigenvalue weighted by Gasteiger charge is -2.21. The summed E-state index contributed by atoms with van der Waals surface area (Å²) in [5.41, 5.74) is -0.702. The molecule has 2 nitrogen and oxygen atoms in total. The third-order valence-electron chi connectivity index (χ3n) is 2.94. The first-order valence-electron chi connectivity index (χ1n) is 5.45. The van der Waals surface area contributed by atoms with Crippen LogP contribution in [-0.2, 0) is 6.18 Å². The Bertz CT molecular complexity index is 439. The Morgan fingerprint density at radius 2 is 2.22 bits per heavy atom. The van der Waals surface area contributed by atoms with Gasteiger partial charge < -0.3 is 4.90 Å². The Labute approximate surface area is 116 Å². The maximum atomic E-state index is 12.9. The second-order valence-corrected chi connectivity index (χ2v) is 5.50. The largest absolute Gasteiger partial charge is 0.419 e. The first kappa shape index (κ1) is 13.9. The van der Waals surface area contributed by atoms with Gasteiger partial charge in [-0.1, -0.05) is 0 Å². The number of pyridine rings is 1. The van der Waals surface area contributed by atoms with Gasteiger partial charge in [0.1, 0.15) is 5.82 Å². The Morgan fingerprint density at radius 3 is 2.78 bits per heavy atom. The molecule has 100 valence electrons. The molecule has 0 spiro atoms. The van der Waals surface area contributed by atoms with Gasteiger partial charge in [-0.05, 0) is 34.3 Å². The second-order valence-electron chi connectivity index (χ2n) is 4.28. The zero-order valence-electron chi connectivity index (χ0n) is 9.34. The molecule has 1 aliphatic rings. The summed E-state index contributed by atoms with van der Waals surface area (Å²) in [4.78, 5) is 5.57. The predicted molar refractivity (Wildman–Crippen MR) is 68.0 cm³/mol. The molecule has 0 radical (unpaired) electrons. The number of halogens is 5. The van der Waals surface area contributed by atoms with Crippen molar-refractivity contribution in [3.05, 3.63) is 22.3 Å². The van der Waals surface area contributed by atoms with Crippen LogP contribution < -0.4 is 4.90 Å². The third kappa shape index (κ3) is 2.91. The number of aromatic nitrogens is 1. The number of anilines is 1. The monoisotopic (exact) mass is 342 g/mol. The van der Waals surface area contributed by atoms with Crippen LogP contribution in [0.25, 0.3) is 0 Å². The van der Waals surface area contributed by atoms with Crippen molar-refractivity contribution in [2.75, 3.05) is 23.9 Å². The van der Waals surface area contributed by atoms with Gasteiger partial charge in [0, 0.05) is 29.6 Å². The molecule has 1 atom stereocenters. The molecule has 0 bridgehead atoms. The molecule has 0 aliphatic carbocycles. The minimum absolute atomic E-state index is 0.00156. The van der Waals surface area contributed by atoms with Gasteiger partial charge in [-0.25, -0.2) is 4.98 Å².